The van der Waals surface area contributed by atoms with E-state index in [1.54, 1.807) is 35.6 Å². The third kappa shape index (κ3) is 7.52. The van der Waals surface area contributed by atoms with E-state index in [1.807, 2.05) is 49.8 Å². The van der Waals surface area contributed by atoms with E-state index in [2.05, 4.69) is 39.1 Å². The van der Waals surface area contributed by atoms with Crippen LogP contribution in [0.4, 0.5) is 14.9 Å². The Balaban J connectivity index is 1.16. The molecule has 10 heteroatoms. The lowest BCUT2D eigenvalue weighted by Gasteiger charge is -2.36. The van der Waals surface area contributed by atoms with E-state index in [9.17, 15) is 9.18 Å². The summed E-state index contributed by atoms with van der Waals surface area (Å²) in [4.78, 5) is 30.2. The van der Waals surface area contributed by atoms with E-state index >= 15 is 0 Å². The summed E-state index contributed by atoms with van der Waals surface area (Å²) >= 11 is 0. The predicted octanol–water partition coefficient (Wildman–Crippen LogP) is 6.24. The molecular weight excluding hydrogens is 569 g/mol. The minimum atomic E-state index is -0.498. The minimum absolute atomic E-state index is 0.257. The lowest BCUT2D eigenvalue weighted by atomic mass is 10.1. The van der Waals surface area contributed by atoms with Gasteiger partial charge in [-0.05, 0) is 74.4 Å². The molecule has 5 aromatic rings. The second-order valence-electron chi connectivity index (χ2n) is 12.1. The summed E-state index contributed by atoms with van der Waals surface area (Å²) in [5.41, 5.74) is 5.95. The molecular formula is C35H36FN7O2. The number of benzene rings is 2. The van der Waals surface area contributed by atoms with Crippen LogP contribution in [0, 0.1) is 5.82 Å². The molecule has 0 atom stereocenters. The molecule has 1 aliphatic heterocycles. The van der Waals surface area contributed by atoms with Gasteiger partial charge < -0.3 is 14.5 Å². The Hall–Kier alpha value is -5.12. The summed E-state index contributed by atoms with van der Waals surface area (Å²) in [6.45, 7) is 8.89. The van der Waals surface area contributed by atoms with E-state index in [0.29, 0.717) is 31.9 Å². The molecule has 0 unspecified atom stereocenters. The summed E-state index contributed by atoms with van der Waals surface area (Å²) in [5, 5.41) is 4.86. The van der Waals surface area contributed by atoms with E-state index in [0.717, 1.165) is 52.4 Å². The van der Waals surface area contributed by atoms with Gasteiger partial charge in [-0.1, -0.05) is 24.3 Å². The summed E-state index contributed by atoms with van der Waals surface area (Å²) in [6.07, 6.45) is 7.58. The second kappa shape index (κ2) is 12.9. The number of nitrogens with zero attached hydrogens (tertiary/aromatic N) is 7. The third-order valence-electron chi connectivity index (χ3n) is 7.53. The summed E-state index contributed by atoms with van der Waals surface area (Å²) in [5.74, 6) is 0.437. The van der Waals surface area contributed by atoms with Crippen LogP contribution >= 0.6 is 0 Å². The third-order valence-corrected chi connectivity index (χ3v) is 7.53. The largest absolute Gasteiger partial charge is 0.444 e. The number of aromatic nitrogens is 5. The molecule has 4 heterocycles. The molecule has 0 N–H and O–H groups in total. The van der Waals surface area contributed by atoms with E-state index in [4.69, 9.17) is 14.8 Å². The molecule has 230 valence electrons. The molecule has 2 aromatic carbocycles. The molecule has 0 radical (unpaired) electrons. The van der Waals surface area contributed by atoms with Gasteiger partial charge in [0.05, 0.1) is 12.2 Å². The minimum Gasteiger partial charge on any atom is -0.444 e. The first-order chi connectivity index (χ1) is 21.7. The van der Waals surface area contributed by atoms with E-state index < -0.39 is 5.60 Å². The molecule has 3 aromatic heterocycles. The molecule has 1 aliphatic rings. The number of amides is 1. The van der Waals surface area contributed by atoms with Gasteiger partial charge in [0.1, 0.15) is 22.9 Å². The average molecular weight is 606 g/mol. The highest BCUT2D eigenvalue weighted by Crippen LogP contribution is 2.30. The molecule has 1 amide bonds. The van der Waals surface area contributed by atoms with Crippen LogP contribution < -0.4 is 4.90 Å². The van der Waals surface area contributed by atoms with Crippen molar-refractivity contribution in [2.45, 2.75) is 39.3 Å². The van der Waals surface area contributed by atoms with Crippen molar-refractivity contribution in [2.75, 3.05) is 31.1 Å². The van der Waals surface area contributed by atoms with Crippen molar-refractivity contribution in [3.63, 3.8) is 0 Å². The lowest BCUT2D eigenvalue weighted by molar-refractivity contribution is 0.0240. The van der Waals surface area contributed by atoms with Gasteiger partial charge in [0.15, 0.2) is 0 Å². The second-order valence-corrected chi connectivity index (χ2v) is 12.1. The summed E-state index contributed by atoms with van der Waals surface area (Å²) < 4.78 is 20.8. The van der Waals surface area contributed by atoms with Gasteiger partial charge in [-0.25, -0.2) is 19.2 Å². The van der Waals surface area contributed by atoms with E-state index in [1.165, 1.54) is 12.1 Å². The van der Waals surface area contributed by atoms with Gasteiger partial charge >= 0.3 is 6.09 Å². The molecule has 9 nitrogen and oxygen atoms in total. The maximum Gasteiger partial charge on any atom is 0.410 e. The normalized spacial score (nSPS) is 13.6. The van der Waals surface area contributed by atoms with Crippen LogP contribution in [-0.4, -0.2) is 67.5 Å². The Kier molecular flexibility index (Phi) is 8.55. The van der Waals surface area contributed by atoms with Crippen molar-refractivity contribution >= 4 is 11.8 Å². The van der Waals surface area contributed by atoms with Gasteiger partial charge in [0.2, 0.25) is 0 Å². The first-order valence-electron chi connectivity index (χ1n) is 15.1. The molecule has 45 heavy (non-hydrogen) atoms. The van der Waals surface area contributed by atoms with Crippen LogP contribution in [0.5, 0.6) is 0 Å². The van der Waals surface area contributed by atoms with Gasteiger partial charge in [-0.15, -0.1) is 0 Å². The number of piperazine rings is 1. The number of hydrogen-bond donors (Lipinski definition) is 0. The number of ether oxygens (including phenoxy) is 1. The molecule has 0 aliphatic carbocycles. The van der Waals surface area contributed by atoms with Crippen LogP contribution in [0.25, 0.3) is 22.5 Å². The number of pyridine rings is 1. The SMILES string of the molecule is CC(C)(C)OC(=O)N1CCN(c2ccc(Cc3nccc(-c4cn(Cc5ccc(F)cc5)nc4-c4cccnc4)n3)cc2)CC1. The van der Waals surface area contributed by atoms with Gasteiger partial charge in [0.25, 0.3) is 0 Å². The Morgan fingerprint density at radius 2 is 1.64 bits per heavy atom. The van der Waals surface area contributed by atoms with E-state index in [-0.39, 0.29) is 11.9 Å². The van der Waals surface area contributed by atoms with Crippen molar-refractivity contribution in [3.05, 3.63) is 114 Å². The molecule has 6 rings (SSSR count). The monoisotopic (exact) mass is 605 g/mol. The average Bonchev–Trinajstić information content (AvgIpc) is 3.46. The Bertz CT molecular complexity index is 1740. The fourth-order valence-corrected chi connectivity index (χ4v) is 5.30. The highest BCUT2D eigenvalue weighted by molar-refractivity contribution is 5.78. The molecule has 1 fully saturated rings. The smallest absolute Gasteiger partial charge is 0.410 e. The molecule has 0 spiro atoms. The van der Waals surface area contributed by atoms with Crippen LogP contribution in [0.1, 0.15) is 37.7 Å². The van der Waals surface area contributed by atoms with Gasteiger partial charge in [-0.3, -0.25) is 9.67 Å². The van der Waals surface area contributed by atoms with Gasteiger partial charge in [0, 0.05) is 74.2 Å². The van der Waals surface area contributed by atoms with Crippen molar-refractivity contribution in [1.29, 1.82) is 0 Å². The van der Waals surface area contributed by atoms with Crippen molar-refractivity contribution < 1.29 is 13.9 Å². The van der Waals surface area contributed by atoms with Crippen molar-refractivity contribution in [3.8, 4) is 22.5 Å². The fourth-order valence-electron chi connectivity index (χ4n) is 5.30. The molecule has 0 saturated carbocycles. The topological polar surface area (TPSA) is 89.3 Å². The number of halogens is 1. The Morgan fingerprint density at radius 1 is 0.911 bits per heavy atom. The highest BCUT2D eigenvalue weighted by Gasteiger charge is 2.26. The summed E-state index contributed by atoms with van der Waals surface area (Å²) in [6, 6.07) is 20.6. The first kappa shape index (κ1) is 29.9. The number of anilines is 1. The molecule has 0 bridgehead atoms. The Labute approximate surface area is 262 Å². The number of hydrogen-bond acceptors (Lipinski definition) is 7. The fraction of sp³-hybridized carbons (Fsp3) is 0.286. The quantitative estimate of drug-likeness (QED) is 0.217. The first-order valence-corrected chi connectivity index (χ1v) is 15.1. The van der Waals surface area contributed by atoms with Crippen LogP contribution in [0.3, 0.4) is 0 Å². The van der Waals surface area contributed by atoms with Gasteiger partial charge in [-0.2, -0.15) is 5.10 Å². The standard InChI is InChI=1S/C35H36FN7O2/c1-35(2,3)45-34(44)42-19-17-41(18-20-42)29-12-8-25(9-13-29)21-32-38-16-14-31(39-32)30-24-43(23-26-6-10-28(36)11-7-26)40-33(30)27-5-4-15-37-22-27/h4-16,22,24H,17-21,23H2,1-3H3. The maximum atomic E-state index is 13.5. The number of rotatable bonds is 7. The Morgan fingerprint density at radius 3 is 2.33 bits per heavy atom. The van der Waals surface area contributed by atoms with Crippen molar-refractivity contribution in [1.82, 2.24) is 29.6 Å². The zero-order chi connectivity index (χ0) is 31.4. The number of carbonyl (C=O) groups excluding carboxylic acids is 1. The van der Waals surface area contributed by atoms with Crippen LogP contribution in [0.15, 0.2) is 91.5 Å². The maximum absolute atomic E-state index is 13.5. The zero-order valence-corrected chi connectivity index (χ0v) is 25.7. The highest BCUT2D eigenvalue weighted by atomic mass is 19.1. The number of carbonyl (C=O) groups is 1. The molecule has 1 saturated heterocycles. The lowest BCUT2D eigenvalue weighted by Crippen LogP contribution is -2.50. The summed E-state index contributed by atoms with van der Waals surface area (Å²) in [7, 11) is 0. The van der Waals surface area contributed by atoms with Crippen molar-refractivity contribution in [2.24, 2.45) is 0 Å². The van der Waals surface area contributed by atoms with Crippen LogP contribution in [0.2, 0.25) is 0 Å². The van der Waals surface area contributed by atoms with Crippen LogP contribution in [-0.2, 0) is 17.7 Å². The predicted molar refractivity (Wildman–Crippen MR) is 171 cm³/mol. The zero-order valence-electron chi connectivity index (χ0n) is 25.7.